The maximum Gasteiger partial charge on any atom is 0.239 e. The standard InChI is InChI=1S/C10H16N4O.ClH/c1-11-6-9(15)12-10-7-4-3-5-8(7)13-14(10)2;/h11H,3-6H2,1-2H3,(H,12,15);1H. The van der Waals surface area contributed by atoms with Crippen LogP contribution in [0, 0.1) is 0 Å². The lowest BCUT2D eigenvalue weighted by atomic mass is 10.2. The van der Waals surface area contributed by atoms with Crippen molar-refractivity contribution in [3.05, 3.63) is 11.3 Å². The highest BCUT2D eigenvalue weighted by atomic mass is 35.5. The molecule has 1 aliphatic rings. The predicted molar refractivity (Wildman–Crippen MR) is 65.0 cm³/mol. The van der Waals surface area contributed by atoms with Gasteiger partial charge in [-0.05, 0) is 26.3 Å². The van der Waals surface area contributed by atoms with E-state index in [2.05, 4.69) is 15.7 Å². The first kappa shape index (κ1) is 13.0. The SMILES string of the molecule is CNCC(=O)Nc1c2c(nn1C)CCC2.Cl. The van der Waals surface area contributed by atoms with Crippen molar-refractivity contribution in [2.45, 2.75) is 19.3 Å². The summed E-state index contributed by atoms with van der Waals surface area (Å²) in [6.07, 6.45) is 3.21. The highest BCUT2D eigenvalue weighted by molar-refractivity contribution is 5.92. The van der Waals surface area contributed by atoms with E-state index in [1.807, 2.05) is 7.05 Å². The van der Waals surface area contributed by atoms with Crippen LogP contribution in [0.4, 0.5) is 5.82 Å². The van der Waals surface area contributed by atoms with Crippen LogP contribution >= 0.6 is 12.4 Å². The molecule has 90 valence electrons. The van der Waals surface area contributed by atoms with Crippen molar-refractivity contribution in [2.75, 3.05) is 18.9 Å². The summed E-state index contributed by atoms with van der Waals surface area (Å²) in [6.45, 7) is 0.333. The van der Waals surface area contributed by atoms with E-state index in [9.17, 15) is 4.79 Å². The number of aromatic nitrogens is 2. The van der Waals surface area contributed by atoms with Gasteiger partial charge < -0.3 is 10.6 Å². The molecule has 0 atom stereocenters. The number of hydrogen-bond acceptors (Lipinski definition) is 3. The molecule has 0 saturated heterocycles. The van der Waals surface area contributed by atoms with Gasteiger partial charge in [-0.3, -0.25) is 9.48 Å². The van der Waals surface area contributed by atoms with Gasteiger partial charge >= 0.3 is 0 Å². The molecule has 0 unspecified atom stereocenters. The van der Waals surface area contributed by atoms with Crippen LogP contribution in [0.25, 0.3) is 0 Å². The largest absolute Gasteiger partial charge is 0.311 e. The number of fused-ring (bicyclic) bond motifs is 1. The summed E-state index contributed by atoms with van der Waals surface area (Å²) >= 11 is 0. The Bertz CT molecular complexity index is 388. The number of carbonyl (C=O) groups is 1. The average Bonchev–Trinajstić information content (AvgIpc) is 2.71. The van der Waals surface area contributed by atoms with Crippen LogP contribution in [0.1, 0.15) is 17.7 Å². The molecule has 1 heterocycles. The van der Waals surface area contributed by atoms with Crippen LogP contribution in [0.3, 0.4) is 0 Å². The van der Waals surface area contributed by atoms with Crippen molar-refractivity contribution in [1.29, 1.82) is 0 Å². The summed E-state index contributed by atoms with van der Waals surface area (Å²) in [4.78, 5) is 11.4. The molecular weight excluding hydrogens is 228 g/mol. The van der Waals surface area contributed by atoms with E-state index in [0.717, 1.165) is 30.8 Å². The van der Waals surface area contributed by atoms with Crippen LogP contribution in [-0.2, 0) is 24.7 Å². The summed E-state index contributed by atoms with van der Waals surface area (Å²) in [7, 11) is 3.63. The smallest absolute Gasteiger partial charge is 0.239 e. The fourth-order valence-electron chi connectivity index (χ4n) is 2.01. The summed E-state index contributed by atoms with van der Waals surface area (Å²) in [5.74, 6) is 0.845. The number of likely N-dealkylation sites (N-methyl/N-ethyl adjacent to an activating group) is 1. The number of amides is 1. The lowest BCUT2D eigenvalue weighted by Gasteiger charge is -2.06. The van der Waals surface area contributed by atoms with Crippen LogP contribution in [0.15, 0.2) is 0 Å². The molecule has 1 aliphatic carbocycles. The number of nitrogens with zero attached hydrogens (tertiary/aromatic N) is 2. The second-order valence-electron chi connectivity index (χ2n) is 3.83. The minimum Gasteiger partial charge on any atom is -0.311 e. The molecule has 1 aromatic rings. The molecule has 2 rings (SSSR count). The number of halogens is 1. The van der Waals surface area contributed by atoms with E-state index in [0.29, 0.717) is 6.54 Å². The van der Waals surface area contributed by atoms with Crippen LogP contribution in [-0.4, -0.2) is 29.3 Å². The van der Waals surface area contributed by atoms with Gasteiger partial charge in [0.05, 0.1) is 12.2 Å². The Morgan fingerprint density at radius 2 is 2.25 bits per heavy atom. The zero-order valence-corrected chi connectivity index (χ0v) is 10.4. The van der Waals surface area contributed by atoms with Crippen molar-refractivity contribution >= 4 is 24.1 Å². The van der Waals surface area contributed by atoms with Gasteiger partial charge in [0.2, 0.25) is 5.91 Å². The zero-order chi connectivity index (χ0) is 10.8. The van der Waals surface area contributed by atoms with Gasteiger partial charge in [0.1, 0.15) is 5.82 Å². The average molecular weight is 245 g/mol. The molecule has 0 aromatic carbocycles. The van der Waals surface area contributed by atoms with Gasteiger partial charge in [-0.2, -0.15) is 5.10 Å². The third kappa shape index (κ3) is 2.36. The molecule has 16 heavy (non-hydrogen) atoms. The van der Waals surface area contributed by atoms with Crippen molar-refractivity contribution in [3.63, 3.8) is 0 Å². The highest BCUT2D eigenvalue weighted by Crippen LogP contribution is 2.27. The lowest BCUT2D eigenvalue weighted by molar-refractivity contribution is -0.115. The number of rotatable bonds is 3. The van der Waals surface area contributed by atoms with E-state index >= 15 is 0 Å². The fraction of sp³-hybridized carbons (Fsp3) is 0.600. The first-order valence-corrected chi connectivity index (χ1v) is 5.21. The quantitative estimate of drug-likeness (QED) is 0.814. The Morgan fingerprint density at radius 3 is 2.94 bits per heavy atom. The molecule has 0 aliphatic heterocycles. The minimum atomic E-state index is -0.0183. The Hall–Kier alpha value is -1.07. The molecule has 0 saturated carbocycles. The van der Waals surface area contributed by atoms with Crippen molar-refractivity contribution in [1.82, 2.24) is 15.1 Å². The van der Waals surface area contributed by atoms with Crippen LogP contribution in [0.5, 0.6) is 0 Å². The number of anilines is 1. The second-order valence-corrected chi connectivity index (χ2v) is 3.83. The highest BCUT2D eigenvalue weighted by Gasteiger charge is 2.21. The zero-order valence-electron chi connectivity index (χ0n) is 9.54. The molecule has 0 radical (unpaired) electrons. The summed E-state index contributed by atoms with van der Waals surface area (Å²) in [5, 5.41) is 10.1. The molecule has 0 fully saturated rings. The molecule has 1 aromatic heterocycles. The number of nitrogens with one attached hydrogen (secondary N) is 2. The molecule has 2 N–H and O–H groups in total. The van der Waals surface area contributed by atoms with Crippen molar-refractivity contribution in [3.8, 4) is 0 Å². The van der Waals surface area contributed by atoms with E-state index < -0.39 is 0 Å². The maximum absolute atomic E-state index is 11.4. The van der Waals surface area contributed by atoms with E-state index in [-0.39, 0.29) is 18.3 Å². The Kier molecular flexibility index (Phi) is 4.32. The molecule has 1 amide bonds. The van der Waals surface area contributed by atoms with Gasteiger partial charge in [0.25, 0.3) is 0 Å². The summed E-state index contributed by atoms with van der Waals surface area (Å²) in [5.41, 5.74) is 2.35. The minimum absolute atomic E-state index is 0. The van der Waals surface area contributed by atoms with E-state index in [1.165, 1.54) is 5.56 Å². The Balaban J connectivity index is 0.00000128. The topological polar surface area (TPSA) is 59.0 Å². The van der Waals surface area contributed by atoms with E-state index in [4.69, 9.17) is 0 Å². The van der Waals surface area contributed by atoms with Crippen LogP contribution < -0.4 is 10.6 Å². The predicted octanol–water partition coefficient (Wildman–Crippen LogP) is 0.488. The number of hydrogen-bond donors (Lipinski definition) is 2. The fourth-order valence-corrected chi connectivity index (χ4v) is 2.01. The van der Waals surface area contributed by atoms with Gasteiger partial charge in [0.15, 0.2) is 0 Å². The Morgan fingerprint density at radius 1 is 1.50 bits per heavy atom. The number of carbonyl (C=O) groups excluding carboxylic acids is 1. The van der Waals surface area contributed by atoms with Crippen molar-refractivity contribution < 1.29 is 4.79 Å². The Labute approximate surface area is 101 Å². The molecule has 0 bridgehead atoms. The second kappa shape index (κ2) is 5.32. The summed E-state index contributed by atoms with van der Waals surface area (Å²) < 4.78 is 1.76. The van der Waals surface area contributed by atoms with Gasteiger partial charge in [-0.25, -0.2) is 0 Å². The lowest BCUT2D eigenvalue weighted by Crippen LogP contribution is -2.26. The third-order valence-electron chi connectivity index (χ3n) is 2.66. The number of aryl methyl sites for hydroxylation is 2. The third-order valence-corrected chi connectivity index (χ3v) is 2.66. The molecular formula is C10H17ClN4O. The van der Waals surface area contributed by atoms with E-state index in [1.54, 1.807) is 11.7 Å². The van der Waals surface area contributed by atoms with Gasteiger partial charge in [0, 0.05) is 12.6 Å². The summed E-state index contributed by atoms with van der Waals surface area (Å²) in [6, 6.07) is 0. The maximum atomic E-state index is 11.4. The van der Waals surface area contributed by atoms with Gasteiger partial charge in [-0.1, -0.05) is 0 Å². The first-order valence-electron chi connectivity index (χ1n) is 5.21. The van der Waals surface area contributed by atoms with Crippen LogP contribution in [0.2, 0.25) is 0 Å². The molecule has 6 heteroatoms. The molecule has 5 nitrogen and oxygen atoms in total. The molecule has 0 spiro atoms. The van der Waals surface area contributed by atoms with Crippen molar-refractivity contribution in [2.24, 2.45) is 7.05 Å². The monoisotopic (exact) mass is 244 g/mol. The first-order chi connectivity index (χ1) is 7.22. The normalized spacial score (nSPS) is 13.1. The van der Waals surface area contributed by atoms with Gasteiger partial charge in [-0.15, -0.1) is 12.4 Å².